The van der Waals surface area contributed by atoms with Crippen molar-refractivity contribution in [1.82, 2.24) is 0 Å². The maximum atomic E-state index is 17.4. The van der Waals surface area contributed by atoms with Crippen molar-refractivity contribution in [3.05, 3.63) is 23.8 Å². The van der Waals surface area contributed by atoms with E-state index in [1.807, 2.05) is 0 Å². The van der Waals surface area contributed by atoms with Crippen molar-refractivity contribution >= 4 is 11.6 Å². The Morgan fingerprint density at radius 3 is 2.81 bits per heavy atom. The maximum absolute atomic E-state index is 17.4. The van der Waals surface area contributed by atoms with Crippen molar-refractivity contribution in [2.24, 2.45) is 22.7 Å². The van der Waals surface area contributed by atoms with Crippen LogP contribution in [0.2, 0.25) is 0 Å². The smallest absolute Gasteiger partial charge is 0.193 e. The lowest BCUT2D eigenvalue weighted by Gasteiger charge is -2.62. The fraction of sp³-hybridized carbons (Fsp3) is 0.750. The molecule has 0 radical (unpaired) electrons. The third-order valence-electron chi connectivity index (χ3n) is 8.75. The van der Waals surface area contributed by atoms with E-state index < -0.39 is 90.8 Å². The molecular formula is C24H31FO6. The number of ketones is 2. The second-order valence-corrected chi connectivity index (χ2v) is 9.97. The molecular weight excluding hydrogens is 403 g/mol. The first-order valence-corrected chi connectivity index (χ1v) is 10.5. The van der Waals surface area contributed by atoms with Crippen LogP contribution in [0.15, 0.2) is 23.8 Å². The van der Waals surface area contributed by atoms with Crippen molar-refractivity contribution in [2.75, 3.05) is 6.61 Å². The van der Waals surface area contributed by atoms with Gasteiger partial charge in [0.25, 0.3) is 0 Å². The molecule has 31 heavy (non-hydrogen) atoms. The van der Waals surface area contributed by atoms with E-state index >= 15 is 4.39 Å². The van der Waals surface area contributed by atoms with Crippen molar-refractivity contribution in [3.8, 4) is 0 Å². The van der Waals surface area contributed by atoms with Crippen LogP contribution in [-0.2, 0) is 19.1 Å². The van der Waals surface area contributed by atoms with E-state index in [2.05, 4.69) is 0 Å². The van der Waals surface area contributed by atoms with Gasteiger partial charge in [-0.15, -0.1) is 0 Å². The second kappa shape index (κ2) is 6.13. The predicted molar refractivity (Wildman–Crippen MR) is 109 cm³/mol. The quantitative estimate of drug-likeness (QED) is 0.684. The number of ether oxygens (including phenoxy) is 2. The van der Waals surface area contributed by atoms with Gasteiger partial charge >= 0.3 is 0 Å². The summed E-state index contributed by atoms with van der Waals surface area (Å²) in [7, 11) is 0. The number of hydrogen-bond acceptors (Lipinski definition) is 6. The Hall–Kier alpha value is -1.41. The van der Waals surface area contributed by atoms with Gasteiger partial charge in [0.15, 0.2) is 28.6 Å². The molecule has 1 aliphatic heterocycles. The molecule has 1 unspecified atom stereocenters. The van der Waals surface area contributed by atoms with Crippen LogP contribution < -0.4 is 0 Å². The lowest BCUT2D eigenvalue weighted by molar-refractivity contribution is -0.246. The van der Waals surface area contributed by atoms with Gasteiger partial charge in [0, 0.05) is 26.3 Å². The molecule has 170 valence electrons. The summed E-state index contributed by atoms with van der Waals surface area (Å²) >= 11 is 0. The van der Waals surface area contributed by atoms with Crippen molar-refractivity contribution in [1.29, 1.82) is 0 Å². The van der Waals surface area contributed by atoms with Crippen molar-refractivity contribution < 1.29 is 43.3 Å². The van der Waals surface area contributed by atoms with Gasteiger partial charge in [0.05, 0.1) is 12.2 Å². The third-order valence-corrected chi connectivity index (χ3v) is 8.75. The van der Waals surface area contributed by atoms with Gasteiger partial charge < -0.3 is 19.7 Å². The van der Waals surface area contributed by atoms with Crippen molar-refractivity contribution in [3.63, 3.8) is 0 Å². The van der Waals surface area contributed by atoms with Crippen LogP contribution in [0.25, 0.3) is 0 Å². The zero-order valence-electron chi connectivity index (χ0n) is 24.4. The summed E-state index contributed by atoms with van der Waals surface area (Å²) in [6, 6.07) is 0. The Morgan fingerprint density at radius 1 is 1.39 bits per heavy atom. The summed E-state index contributed by atoms with van der Waals surface area (Å²) in [5.74, 6) is -6.47. The number of fused-ring (bicyclic) bond motifs is 7. The molecule has 5 rings (SSSR count). The summed E-state index contributed by atoms with van der Waals surface area (Å²) in [6.07, 6.45) is -1.19. The Morgan fingerprint density at radius 2 is 2.13 bits per heavy atom. The molecule has 3 saturated carbocycles. The number of Topliss-reactive ketones (excluding diaryl/α,β-unsaturated/α-hetero) is 1. The largest absolute Gasteiger partial charge is 0.390 e. The number of alkyl halides is 1. The molecule has 0 aromatic rings. The van der Waals surface area contributed by atoms with E-state index in [-0.39, 0.29) is 24.2 Å². The first kappa shape index (κ1) is 14.7. The zero-order chi connectivity index (χ0) is 28.5. The highest BCUT2D eigenvalue weighted by Crippen LogP contribution is 2.72. The summed E-state index contributed by atoms with van der Waals surface area (Å²) in [5.41, 5.74) is -7.50. The Balaban J connectivity index is 1.68. The van der Waals surface area contributed by atoms with E-state index in [0.29, 0.717) is 0 Å². The minimum Gasteiger partial charge on any atom is -0.390 e. The molecule has 2 N–H and O–H groups in total. The molecule has 0 aromatic heterocycles. The van der Waals surface area contributed by atoms with Gasteiger partial charge in [-0.25, -0.2) is 4.39 Å². The van der Waals surface area contributed by atoms with E-state index in [1.165, 1.54) is 32.1 Å². The fourth-order valence-electron chi connectivity index (χ4n) is 7.38. The summed E-state index contributed by atoms with van der Waals surface area (Å²) in [4.78, 5) is 25.5. The minimum atomic E-state index is -3.36. The summed E-state index contributed by atoms with van der Waals surface area (Å²) in [6.45, 7) is -4.83. The molecule has 0 aromatic carbocycles. The first-order valence-electron chi connectivity index (χ1n) is 14.1. The molecule has 6 nitrogen and oxygen atoms in total. The molecule has 1 heterocycles. The van der Waals surface area contributed by atoms with E-state index in [4.69, 9.17) is 19.1 Å². The predicted octanol–water partition coefficient (Wildman–Crippen LogP) is 2.42. The Kier molecular flexibility index (Phi) is 2.90. The summed E-state index contributed by atoms with van der Waals surface area (Å²) in [5, 5.41) is 21.4. The lowest BCUT2D eigenvalue weighted by Crippen LogP contribution is -2.70. The average molecular weight is 442 g/mol. The molecule has 9 atom stereocenters. The average Bonchev–Trinajstić information content (AvgIpc) is 3.28. The van der Waals surface area contributed by atoms with Crippen molar-refractivity contribution in [2.45, 2.75) is 82.5 Å². The first-order chi connectivity index (χ1) is 17.3. The molecule has 4 aliphatic carbocycles. The van der Waals surface area contributed by atoms with Crippen LogP contribution in [0.1, 0.15) is 62.8 Å². The second-order valence-electron chi connectivity index (χ2n) is 9.97. The SMILES string of the molecule is [2H]C1C[C@H]2[C@@H]3C[C@H]4OC(C([2H])([2H])[2H])(C([2H])([2H])[2H])O[C@@]4(C(=O)CO)[C@@]3(C)C[C@H](O)[C@]2(F)[C@@]2(C)C=CC(=O)C=C12. The lowest BCUT2D eigenvalue weighted by atomic mass is 9.44. The fourth-order valence-corrected chi connectivity index (χ4v) is 7.38. The minimum absolute atomic E-state index is 0.115. The monoisotopic (exact) mass is 441 g/mol. The zero-order valence-corrected chi connectivity index (χ0v) is 17.4. The Labute approximate surface area is 191 Å². The number of halogens is 1. The molecule has 5 aliphatic rings. The van der Waals surface area contributed by atoms with E-state index in [9.17, 15) is 19.8 Å². The van der Waals surface area contributed by atoms with Gasteiger partial charge in [-0.05, 0) is 64.4 Å². The number of hydrogen-bond donors (Lipinski definition) is 2. The van der Waals surface area contributed by atoms with Gasteiger partial charge in [-0.3, -0.25) is 9.59 Å². The van der Waals surface area contributed by atoms with Crippen LogP contribution in [0.3, 0.4) is 0 Å². The molecule has 7 heteroatoms. The highest BCUT2D eigenvalue weighted by Gasteiger charge is 2.79. The van der Waals surface area contributed by atoms with Crippen LogP contribution in [-0.4, -0.2) is 57.7 Å². The van der Waals surface area contributed by atoms with Crippen LogP contribution >= 0.6 is 0 Å². The maximum Gasteiger partial charge on any atom is 0.193 e. The molecule has 0 bridgehead atoms. The highest BCUT2D eigenvalue weighted by atomic mass is 19.1. The van der Waals surface area contributed by atoms with Gasteiger partial charge in [-0.2, -0.15) is 0 Å². The number of carbonyl (C=O) groups is 2. The third kappa shape index (κ3) is 2.31. The number of carbonyl (C=O) groups excluding carboxylic acids is 2. The molecule has 1 saturated heterocycles. The number of allylic oxidation sites excluding steroid dienone is 4. The van der Waals surface area contributed by atoms with Gasteiger partial charge in [0.1, 0.15) is 6.61 Å². The number of aliphatic hydroxyl groups is 2. The topological polar surface area (TPSA) is 93.1 Å². The van der Waals surface area contributed by atoms with Crippen LogP contribution in [0, 0.1) is 22.7 Å². The Bertz CT molecular complexity index is 1140. The van der Waals surface area contributed by atoms with Crippen LogP contribution in [0.5, 0.6) is 0 Å². The van der Waals surface area contributed by atoms with E-state index in [1.54, 1.807) is 0 Å². The highest BCUT2D eigenvalue weighted by molar-refractivity contribution is 6.01. The number of rotatable bonds is 2. The standard InChI is InChI=1S/C24H31FO6/c1-20(2)30-19-10-16-15-6-5-13-9-14(27)7-8-21(13,3)23(15,25)17(28)11-22(16,4)24(19,31-20)18(29)12-26/h7-9,15-17,19,26,28H,5-6,10-12H2,1-4H3/t15-,16-,17-,19+,21-,22-,23-,24+/m0/s1/i1D3,2D3,5D/t5?,15-,16-,17-,19+,21-,22-,23-,24+. The van der Waals surface area contributed by atoms with Crippen LogP contribution in [0.4, 0.5) is 4.39 Å². The van der Waals surface area contributed by atoms with Gasteiger partial charge in [-0.1, -0.05) is 18.6 Å². The normalized spacial score (nSPS) is 58.6. The molecule has 0 amide bonds. The van der Waals surface area contributed by atoms with E-state index in [0.717, 1.165) is 0 Å². The number of aliphatic hydroxyl groups excluding tert-OH is 2. The van der Waals surface area contributed by atoms with Gasteiger partial charge in [0.2, 0.25) is 0 Å². The molecule has 0 spiro atoms. The summed E-state index contributed by atoms with van der Waals surface area (Å²) < 4.78 is 85.4. The molecule has 4 fully saturated rings.